The average molecular weight is 256 g/mol. The van der Waals surface area contributed by atoms with E-state index < -0.39 is 10.0 Å². The molecule has 0 aromatic carbocycles. The van der Waals surface area contributed by atoms with E-state index >= 15 is 0 Å². The lowest BCUT2D eigenvalue weighted by Gasteiger charge is -2.09. The van der Waals surface area contributed by atoms with E-state index in [9.17, 15) is 8.42 Å². The minimum Gasteiger partial charge on any atom is -0.214 e. The van der Waals surface area contributed by atoms with Crippen LogP contribution in [0.4, 0.5) is 0 Å². The molecular formula is C7H14BrNO2S. The summed E-state index contributed by atoms with van der Waals surface area (Å²) in [7, 11) is -3.05. The lowest BCUT2D eigenvalue weighted by atomic mass is 10.1. The van der Waals surface area contributed by atoms with Crippen LogP contribution in [0.2, 0.25) is 0 Å². The van der Waals surface area contributed by atoms with Crippen molar-refractivity contribution in [3.63, 3.8) is 0 Å². The van der Waals surface area contributed by atoms with Crippen LogP contribution in [0, 0.1) is 11.8 Å². The van der Waals surface area contributed by atoms with E-state index in [0.717, 1.165) is 5.92 Å². The Balaban J connectivity index is 2.24. The highest BCUT2D eigenvalue weighted by Gasteiger charge is 2.28. The summed E-state index contributed by atoms with van der Waals surface area (Å²) in [5.41, 5.74) is 0. The van der Waals surface area contributed by atoms with Gasteiger partial charge >= 0.3 is 0 Å². The highest BCUT2D eigenvalue weighted by molar-refractivity contribution is 9.10. The molecule has 0 amide bonds. The molecule has 12 heavy (non-hydrogen) atoms. The maximum atomic E-state index is 11.0. The molecule has 3 nitrogen and oxygen atoms in total. The summed E-state index contributed by atoms with van der Waals surface area (Å²) in [5.74, 6) is 1.24. The first-order chi connectivity index (χ1) is 5.55. The second-order valence-electron chi connectivity index (χ2n) is 3.39. The Kier molecular flexibility index (Phi) is 3.55. The third kappa shape index (κ3) is 3.41. The van der Waals surface area contributed by atoms with Crippen LogP contribution in [0.15, 0.2) is 0 Å². The zero-order valence-corrected chi connectivity index (χ0v) is 9.49. The van der Waals surface area contributed by atoms with Crippen LogP contribution in [0.3, 0.4) is 0 Å². The zero-order valence-electron chi connectivity index (χ0n) is 7.09. The van der Waals surface area contributed by atoms with Gasteiger partial charge in [-0.05, 0) is 24.7 Å². The molecule has 72 valence electrons. The summed E-state index contributed by atoms with van der Waals surface area (Å²) in [6.07, 6.45) is 2.52. The standard InChI is InChI=1S/C7H14BrNO2S/c1-6(7-2-3-7)4-9-12(10,11)5-8/h6-7,9H,2-5H2,1H3. The van der Waals surface area contributed by atoms with E-state index in [0.29, 0.717) is 12.5 Å². The molecule has 1 atom stereocenters. The Morgan fingerprint density at radius 1 is 1.58 bits per heavy atom. The predicted molar refractivity (Wildman–Crippen MR) is 52.6 cm³/mol. The van der Waals surface area contributed by atoms with Crippen molar-refractivity contribution in [2.24, 2.45) is 11.8 Å². The fraction of sp³-hybridized carbons (Fsp3) is 1.00. The molecule has 5 heteroatoms. The van der Waals surface area contributed by atoms with Crippen molar-refractivity contribution in [1.29, 1.82) is 0 Å². The highest BCUT2D eigenvalue weighted by atomic mass is 79.9. The van der Waals surface area contributed by atoms with Crippen molar-refractivity contribution in [1.82, 2.24) is 4.72 Å². The van der Waals surface area contributed by atoms with Gasteiger partial charge < -0.3 is 0 Å². The van der Waals surface area contributed by atoms with E-state index in [1.54, 1.807) is 0 Å². The van der Waals surface area contributed by atoms with Crippen molar-refractivity contribution >= 4 is 26.0 Å². The second kappa shape index (κ2) is 4.07. The minimum absolute atomic E-state index is 0.00259. The van der Waals surface area contributed by atoms with Crippen molar-refractivity contribution in [2.75, 3.05) is 11.2 Å². The second-order valence-corrected chi connectivity index (χ2v) is 6.50. The zero-order chi connectivity index (χ0) is 9.19. The monoisotopic (exact) mass is 255 g/mol. The molecule has 1 rings (SSSR count). The van der Waals surface area contributed by atoms with E-state index in [4.69, 9.17) is 0 Å². The van der Waals surface area contributed by atoms with Crippen LogP contribution in [-0.4, -0.2) is 19.6 Å². The van der Waals surface area contributed by atoms with Crippen molar-refractivity contribution < 1.29 is 8.42 Å². The lowest BCUT2D eigenvalue weighted by Crippen LogP contribution is -2.29. The van der Waals surface area contributed by atoms with Crippen LogP contribution >= 0.6 is 15.9 Å². The third-order valence-corrected chi connectivity index (χ3v) is 4.90. The van der Waals surface area contributed by atoms with Gasteiger partial charge in [0.05, 0.1) is 0 Å². The Morgan fingerprint density at radius 3 is 2.58 bits per heavy atom. The lowest BCUT2D eigenvalue weighted by molar-refractivity contribution is 0.493. The fourth-order valence-electron chi connectivity index (χ4n) is 1.13. The number of alkyl halides is 1. The van der Waals surface area contributed by atoms with Gasteiger partial charge in [-0.25, -0.2) is 13.1 Å². The molecule has 1 saturated carbocycles. The Morgan fingerprint density at radius 2 is 2.17 bits per heavy atom. The number of nitrogens with one attached hydrogen (secondary N) is 1. The summed E-state index contributed by atoms with van der Waals surface area (Å²) < 4.78 is 24.5. The van der Waals surface area contributed by atoms with Crippen LogP contribution < -0.4 is 4.72 Å². The van der Waals surface area contributed by atoms with Crippen LogP contribution in [-0.2, 0) is 10.0 Å². The molecule has 1 aliphatic rings. The summed E-state index contributed by atoms with van der Waals surface area (Å²) in [6, 6.07) is 0. The fourth-order valence-corrected chi connectivity index (χ4v) is 2.21. The molecule has 0 saturated heterocycles. The molecule has 0 bridgehead atoms. The van der Waals surface area contributed by atoms with E-state index in [1.807, 2.05) is 0 Å². The van der Waals surface area contributed by atoms with E-state index in [1.165, 1.54) is 12.8 Å². The maximum absolute atomic E-state index is 11.0. The highest BCUT2D eigenvalue weighted by Crippen LogP contribution is 2.36. The molecule has 0 heterocycles. The van der Waals surface area contributed by atoms with Gasteiger partial charge in [0.1, 0.15) is 4.66 Å². The summed E-state index contributed by atoms with van der Waals surface area (Å²) >= 11 is 2.92. The van der Waals surface area contributed by atoms with E-state index in [-0.39, 0.29) is 4.66 Å². The molecule has 1 fully saturated rings. The minimum atomic E-state index is -3.05. The van der Waals surface area contributed by atoms with Gasteiger partial charge in [0.15, 0.2) is 0 Å². The van der Waals surface area contributed by atoms with Gasteiger partial charge in [0.25, 0.3) is 0 Å². The van der Waals surface area contributed by atoms with Crippen LogP contribution in [0.25, 0.3) is 0 Å². The van der Waals surface area contributed by atoms with E-state index in [2.05, 4.69) is 27.6 Å². The average Bonchev–Trinajstić information content (AvgIpc) is 2.83. The number of hydrogen-bond donors (Lipinski definition) is 1. The van der Waals surface area contributed by atoms with Gasteiger partial charge in [-0.1, -0.05) is 22.9 Å². The maximum Gasteiger partial charge on any atom is 0.221 e. The molecule has 1 unspecified atom stereocenters. The quantitative estimate of drug-likeness (QED) is 0.754. The number of halogens is 1. The number of rotatable bonds is 5. The van der Waals surface area contributed by atoms with Gasteiger partial charge in [-0.15, -0.1) is 0 Å². The molecule has 0 aromatic rings. The van der Waals surface area contributed by atoms with Gasteiger partial charge in [-0.3, -0.25) is 0 Å². The molecule has 1 aliphatic carbocycles. The summed E-state index contributed by atoms with van der Waals surface area (Å²) in [6.45, 7) is 2.67. The summed E-state index contributed by atoms with van der Waals surface area (Å²) in [5, 5.41) is 0. The first-order valence-corrected chi connectivity index (χ1v) is 6.86. The Labute approximate surface area is 82.1 Å². The van der Waals surface area contributed by atoms with Gasteiger partial charge in [-0.2, -0.15) is 0 Å². The molecule has 0 radical (unpaired) electrons. The molecule has 0 aliphatic heterocycles. The first kappa shape index (κ1) is 10.5. The van der Waals surface area contributed by atoms with Gasteiger partial charge in [0, 0.05) is 6.54 Å². The SMILES string of the molecule is CC(CNS(=O)(=O)CBr)C1CC1. The Hall–Kier alpha value is 0.390. The van der Waals surface area contributed by atoms with Crippen molar-refractivity contribution in [3.8, 4) is 0 Å². The number of sulfonamides is 1. The first-order valence-electron chi connectivity index (χ1n) is 4.08. The largest absolute Gasteiger partial charge is 0.221 e. The van der Waals surface area contributed by atoms with Crippen LogP contribution in [0.1, 0.15) is 19.8 Å². The molecule has 1 N–H and O–H groups in total. The molecule has 0 spiro atoms. The van der Waals surface area contributed by atoms with Crippen LogP contribution in [0.5, 0.6) is 0 Å². The Bertz CT molecular complexity index is 236. The van der Waals surface area contributed by atoms with Gasteiger partial charge in [0.2, 0.25) is 10.0 Å². The molecule has 0 aromatic heterocycles. The molecular weight excluding hydrogens is 242 g/mol. The van der Waals surface area contributed by atoms with Crippen molar-refractivity contribution in [3.05, 3.63) is 0 Å². The predicted octanol–water partition coefficient (Wildman–Crippen LogP) is 1.30. The van der Waals surface area contributed by atoms with Crippen molar-refractivity contribution in [2.45, 2.75) is 19.8 Å². The summed E-state index contributed by atoms with van der Waals surface area (Å²) in [4.78, 5) is 0. The normalized spacial score (nSPS) is 20.8. The number of hydrogen-bond acceptors (Lipinski definition) is 2. The topological polar surface area (TPSA) is 46.2 Å². The third-order valence-electron chi connectivity index (χ3n) is 2.20. The smallest absolute Gasteiger partial charge is 0.214 e.